The van der Waals surface area contributed by atoms with Crippen LogP contribution in [-0.4, -0.2) is 31.5 Å². The Bertz CT molecular complexity index is 594. The first kappa shape index (κ1) is 12.4. The molecule has 0 radical (unpaired) electrons. The van der Waals surface area contributed by atoms with Crippen molar-refractivity contribution in [3.8, 4) is 0 Å². The van der Waals surface area contributed by atoms with Gasteiger partial charge in [0.05, 0.1) is 28.5 Å². The zero-order chi connectivity index (χ0) is 13.1. The molecule has 0 aliphatic heterocycles. The van der Waals surface area contributed by atoms with Crippen molar-refractivity contribution in [1.29, 1.82) is 0 Å². The van der Waals surface area contributed by atoms with Gasteiger partial charge in [0, 0.05) is 24.9 Å². The molecule has 1 amide bonds. The average molecular weight is 263 g/mol. The third kappa shape index (κ3) is 2.62. The Labute approximate surface area is 109 Å². The molecule has 0 saturated carbocycles. The van der Waals surface area contributed by atoms with Gasteiger partial charge in [-0.2, -0.15) is 5.10 Å². The van der Waals surface area contributed by atoms with Crippen LogP contribution in [0.4, 0.5) is 0 Å². The molecule has 0 bridgehead atoms. The second kappa shape index (κ2) is 5.09. The number of hydrogen-bond acceptors (Lipinski definition) is 4. The van der Waals surface area contributed by atoms with E-state index in [4.69, 9.17) is 18.0 Å². The summed E-state index contributed by atoms with van der Waals surface area (Å²) in [5, 5.41) is 6.89. The van der Waals surface area contributed by atoms with Crippen molar-refractivity contribution in [2.75, 3.05) is 0 Å². The molecule has 2 rings (SSSR count). The lowest BCUT2D eigenvalue weighted by Crippen LogP contribution is -2.35. The van der Waals surface area contributed by atoms with Crippen LogP contribution in [0.2, 0.25) is 0 Å². The standard InChI is InChI=1S/C11H13N5OS/c1-7(4-10(12)18)15-11(17)8-5-14-16-3-2-13-6-9(8)16/h2-3,5-7H,4H2,1H3,(H2,12,18)(H,15,17). The number of amides is 1. The zero-order valence-corrected chi connectivity index (χ0v) is 10.6. The van der Waals surface area contributed by atoms with Gasteiger partial charge in [-0.25, -0.2) is 4.52 Å². The second-order valence-electron chi connectivity index (χ2n) is 4.01. The van der Waals surface area contributed by atoms with E-state index < -0.39 is 0 Å². The Morgan fingerprint density at radius 2 is 2.39 bits per heavy atom. The van der Waals surface area contributed by atoms with E-state index in [2.05, 4.69) is 15.4 Å². The van der Waals surface area contributed by atoms with E-state index in [-0.39, 0.29) is 11.9 Å². The summed E-state index contributed by atoms with van der Waals surface area (Å²) in [5.74, 6) is -0.207. The summed E-state index contributed by atoms with van der Waals surface area (Å²) in [6.45, 7) is 1.85. The lowest BCUT2D eigenvalue weighted by Gasteiger charge is -2.12. The highest BCUT2D eigenvalue weighted by atomic mass is 32.1. The number of nitrogens with one attached hydrogen (secondary N) is 1. The number of nitrogens with two attached hydrogens (primary N) is 1. The molecule has 1 atom stereocenters. The van der Waals surface area contributed by atoms with Crippen molar-refractivity contribution >= 4 is 28.6 Å². The number of rotatable bonds is 4. The van der Waals surface area contributed by atoms with Gasteiger partial charge in [-0.1, -0.05) is 12.2 Å². The molecule has 0 saturated heterocycles. The molecule has 0 aliphatic rings. The molecule has 18 heavy (non-hydrogen) atoms. The van der Waals surface area contributed by atoms with Gasteiger partial charge in [0.2, 0.25) is 0 Å². The third-order valence-electron chi connectivity index (χ3n) is 2.45. The Hall–Kier alpha value is -2.02. The van der Waals surface area contributed by atoms with E-state index in [1.165, 1.54) is 6.20 Å². The van der Waals surface area contributed by atoms with Crippen molar-refractivity contribution in [3.05, 3.63) is 30.4 Å². The molecule has 3 N–H and O–H groups in total. The SMILES string of the molecule is CC(CC(N)=S)NC(=O)c1cnn2ccncc12. The van der Waals surface area contributed by atoms with Gasteiger partial charge < -0.3 is 11.1 Å². The van der Waals surface area contributed by atoms with Crippen molar-refractivity contribution < 1.29 is 4.79 Å². The summed E-state index contributed by atoms with van der Waals surface area (Å²) >= 11 is 4.80. The first-order valence-electron chi connectivity index (χ1n) is 5.44. The zero-order valence-electron chi connectivity index (χ0n) is 9.83. The van der Waals surface area contributed by atoms with Crippen LogP contribution < -0.4 is 11.1 Å². The molecule has 2 aromatic rings. The monoisotopic (exact) mass is 263 g/mol. The van der Waals surface area contributed by atoms with E-state index in [0.717, 1.165) is 0 Å². The predicted molar refractivity (Wildman–Crippen MR) is 71.3 cm³/mol. The predicted octanol–water partition coefficient (Wildman–Crippen LogP) is 0.524. The highest BCUT2D eigenvalue weighted by Crippen LogP contribution is 2.08. The quantitative estimate of drug-likeness (QED) is 0.786. The van der Waals surface area contributed by atoms with Gasteiger partial charge in [0.1, 0.15) is 0 Å². The van der Waals surface area contributed by atoms with Crippen molar-refractivity contribution in [1.82, 2.24) is 19.9 Å². The molecule has 1 unspecified atom stereocenters. The van der Waals surface area contributed by atoms with Crippen LogP contribution in [0.1, 0.15) is 23.7 Å². The number of hydrogen-bond donors (Lipinski definition) is 2. The molecule has 2 heterocycles. The number of carbonyl (C=O) groups is 1. The molecule has 0 aromatic carbocycles. The Morgan fingerprint density at radius 3 is 3.11 bits per heavy atom. The smallest absolute Gasteiger partial charge is 0.255 e. The minimum Gasteiger partial charge on any atom is -0.393 e. The maximum absolute atomic E-state index is 12.0. The minimum absolute atomic E-state index is 0.110. The van der Waals surface area contributed by atoms with E-state index in [1.54, 1.807) is 23.1 Å². The fraction of sp³-hybridized carbons (Fsp3) is 0.273. The number of aromatic nitrogens is 3. The second-order valence-corrected chi connectivity index (χ2v) is 4.53. The van der Waals surface area contributed by atoms with E-state index in [9.17, 15) is 4.79 Å². The van der Waals surface area contributed by atoms with Crippen molar-refractivity contribution in [2.24, 2.45) is 5.73 Å². The third-order valence-corrected chi connectivity index (χ3v) is 2.62. The topological polar surface area (TPSA) is 85.3 Å². The van der Waals surface area contributed by atoms with Gasteiger partial charge in [-0.3, -0.25) is 9.78 Å². The summed E-state index contributed by atoms with van der Waals surface area (Å²) in [5.41, 5.74) is 6.58. The van der Waals surface area contributed by atoms with E-state index in [1.807, 2.05) is 6.92 Å². The molecule has 94 valence electrons. The molecule has 0 aliphatic carbocycles. The van der Waals surface area contributed by atoms with Crippen molar-refractivity contribution in [3.63, 3.8) is 0 Å². The summed E-state index contributed by atoms with van der Waals surface area (Å²) < 4.78 is 1.60. The maximum atomic E-state index is 12.0. The van der Waals surface area contributed by atoms with Crippen LogP contribution in [0, 0.1) is 0 Å². The number of nitrogens with zero attached hydrogens (tertiary/aromatic N) is 3. The largest absolute Gasteiger partial charge is 0.393 e. The van der Waals surface area contributed by atoms with Crippen LogP contribution in [-0.2, 0) is 0 Å². The number of fused-ring (bicyclic) bond motifs is 1. The Morgan fingerprint density at radius 1 is 1.61 bits per heavy atom. The van der Waals surface area contributed by atoms with Crippen LogP contribution in [0.5, 0.6) is 0 Å². The first-order chi connectivity index (χ1) is 8.58. The molecule has 2 aromatic heterocycles. The maximum Gasteiger partial charge on any atom is 0.255 e. The molecule has 6 nitrogen and oxygen atoms in total. The van der Waals surface area contributed by atoms with E-state index >= 15 is 0 Å². The van der Waals surface area contributed by atoms with Gasteiger partial charge in [0.25, 0.3) is 5.91 Å². The van der Waals surface area contributed by atoms with E-state index in [0.29, 0.717) is 22.5 Å². The molecular formula is C11H13N5OS. The average Bonchev–Trinajstić information content (AvgIpc) is 2.71. The normalized spacial score (nSPS) is 12.3. The van der Waals surface area contributed by atoms with Gasteiger partial charge >= 0.3 is 0 Å². The van der Waals surface area contributed by atoms with Crippen LogP contribution in [0.15, 0.2) is 24.8 Å². The molecular weight excluding hydrogens is 250 g/mol. The Balaban J connectivity index is 2.16. The summed E-state index contributed by atoms with van der Waals surface area (Å²) in [6, 6.07) is -0.110. The van der Waals surface area contributed by atoms with Crippen molar-refractivity contribution in [2.45, 2.75) is 19.4 Å². The Kier molecular flexibility index (Phi) is 3.52. The molecule has 0 fully saturated rings. The highest BCUT2D eigenvalue weighted by Gasteiger charge is 2.15. The van der Waals surface area contributed by atoms with Crippen LogP contribution in [0.25, 0.3) is 5.52 Å². The van der Waals surface area contributed by atoms with Crippen LogP contribution in [0.3, 0.4) is 0 Å². The lowest BCUT2D eigenvalue weighted by molar-refractivity contribution is 0.0943. The highest BCUT2D eigenvalue weighted by molar-refractivity contribution is 7.80. The fourth-order valence-corrected chi connectivity index (χ4v) is 1.91. The van der Waals surface area contributed by atoms with Gasteiger partial charge in [-0.15, -0.1) is 0 Å². The molecule has 7 heteroatoms. The van der Waals surface area contributed by atoms with Crippen LogP contribution >= 0.6 is 12.2 Å². The first-order valence-corrected chi connectivity index (χ1v) is 5.85. The molecule has 0 spiro atoms. The summed E-state index contributed by atoms with van der Waals surface area (Å²) in [6.07, 6.45) is 6.88. The number of carbonyl (C=O) groups excluding carboxylic acids is 1. The van der Waals surface area contributed by atoms with Gasteiger partial charge in [0.15, 0.2) is 0 Å². The minimum atomic E-state index is -0.207. The lowest BCUT2D eigenvalue weighted by atomic mass is 10.2. The summed E-state index contributed by atoms with van der Waals surface area (Å²) in [4.78, 5) is 16.4. The fourth-order valence-electron chi connectivity index (χ4n) is 1.66. The van der Waals surface area contributed by atoms with Gasteiger partial charge in [-0.05, 0) is 6.92 Å². The number of thiocarbonyl (C=S) groups is 1. The summed E-state index contributed by atoms with van der Waals surface area (Å²) in [7, 11) is 0.